The molecule has 88 valence electrons. The predicted octanol–water partition coefficient (Wildman–Crippen LogP) is 0.230. The minimum Gasteiger partial charge on any atom is -0.355 e. The largest absolute Gasteiger partial charge is 0.355 e. The Morgan fingerprint density at radius 2 is 2.13 bits per heavy atom. The van der Waals surface area contributed by atoms with Crippen molar-refractivity contribution < 1.29 is 4.79 Å². The summed E-state index contributed by atoms with van der Waals surface area (Å²) in [5.74, 6) is 0.563. The van der Waals surface area contributed by atoms with Crippen molar-refractivity contribution in [2.75, 3.05) is 19.6 Å². The highest BCUT2D eigenvalue weighted by Gasteiger charge is 2.31. The Morgan fingerprint density at radius 1 is 1.47 bits per heavy atom. The highest BCUT2D eigenvalue weighted by atomic mass is 16.1. The molecule has 0 spiro atoms. The second kappa shape index (κ2) is 5.47. The zero-order valence-electron chi connectivity index (χ0n) is 9.81. The summed E-state index contributed by atoms with van der Waals surface area (Å²) in [6.07, 6.45) is 3.37. The van der Waals surface area contributed by atoms with E-state index in [-0.39, 0.29) is 11.4 Å². The van der Waals surface area contributed by atoms with Gasteiger partial charge in [0.2, 0.25) is 5.91 Å². The summed E-state index contributed by atoms with van der Waals surface area (Å²) in [5, 5.41) is 5.98. The van der Waals surface area contributed by atoms with Gasteiger partial charge in [0.05, 0.1) is 6.54 Å². The molecule has 0 heterocycles. The van der Waals surface area contributed by atoms with Crippen molar-refractivity contribution in [2.45, 2.75) is 38.6 Å². The summed E-state index contributed by atoms with van der Waals surface area (Å²) in [5.41, 5.74) is 5.97. The molecule has 15 heavy (non-hydrogen) atoms. The average molecular weight is 213 g/mol. The zero-order valence-corrected chi connectivity index (χ0v) is 9.81. The Balaban J connectivity index is 2.01. The Morgan fingerprint density at radius 3 is 2.60 bits per heavy atom. The van der Waals surface area contributed by atoms with Gasteiger partial charge in [-0.05, 0) is 25.2 Å². The number of carbonyl (C=O) groups is 1. The summed E-state index contributed by atoms with van der Waals surface area (Å²) < 4.78 is 0. The molecule has 1 fully saturated rings. The van der Waals surface area contributed by atoms with E-state index in [1.54, 1.807) is 0 Å². The first-order valence-corrected chi connectivity index (χ1v) is 5.78. The number of hydrogen-bond acceptors (Lipinski definition) is 3. The van der Waals surface area contributed by atoms with Crippen LogP contribution >= 0.6 is 0 Å². The molecule has 0 aliphatic heterocycles. The van der Waals surface area contributed by atoms with Crippen LogP contribution in [0.25, 0.3) is 0 Å². The molecule has 0 aromatic rings. The SMILES string of the molecule is CC(C)CNC(=O)CNCC1(N)CCC1. The molecular weight excluding hydrogens is 190 g/mol. The quantitative estimate of drug-likeness (QED) is 0.591. The monoisotopic (exact) mass is 213 g/mol. The smallest absolute Gasteiger partial charge is 0.233 e. The summed E-state index contributed by atoms with van der Waals surface area (Å²) >= 11 is 0. The lowest BCUT2D eigenvalue weighted by Crippen LogP contribution is -2.55. The van der Waals surface area contributed by atoms with Crippen molar-refractivity contribution in [3.8, 4) is 0 Å². The maximum Gasteiger partial charge on any atom is 0.233 e. The number of carbonyl (C=O) groups excluding carboxylic acids is 1. The molecule has 0 aromatic heterocycles. The standard InChI is InChI=1S/C11H23N3O/c1-9(2)6-14-10(15)7-13-8-11(12)4-3-5-11/h9,13H,3-8,12H2,1-2H3,(H,14,15). The fourth-order valence-electron chi connectivity index (χ4n) is 1.61. The van der Waals surface area contributed by atoms with Crippen LogP contribution < -0.4 is 16.4 Å². The van der Waals surface area contributed by atoms with Crippen LogP contribution in [0.15, 0.2) is 0 Å². The van der Waals surface area contributed by atoms with E-state index in [4.69, 9.17) is 5.73 Å². The van der Waals surface area contributed by atoms with Gasteiger partial charge in [0.1, 0.15) is 0 Å². The van der Waals surface area contributed by atoms with Crippen LogP contribution in [0.2, 0.25) is 0 Å². The van der Waals surface area contributed by atoms with Crippen LogP contribution in [0.1, 0.15) is 33.1 Å². The molecule has 0 aromatic carbocycles. The van der Waals surface area contributed by atoms with Crippen molar-refractivity contribution in [3.05, 3.63) is 0 Å². The lowest BCUT2D eigenvalue weighted by Gasteiger charge is -2.38. The van der Waals surface area contributed by atoms with Gasteiger partial charge in [0.15, 0.2) is 0 Å². The van der Waals surface area contributed by atoms with Gasteiger partial charge in [0, 0.05) is 18.6 Å². The van der Waals surface area contributed by atoms with Gasteiger partial charge in [-0.1, -0.05) is 13.8 Å². The number of rotatable bonds is 6. The molecule has 1 amide bonds. The van der Waals surface area contributed by atoms with Gasteiger partial charge in [-0.2, -0.15) is 0 Å². The normalized spacial score (nSPS) is 18.7. The fraction of sp³-hybridized carbons (Fsp3) is 0.909. The van der Waals surface area contributed by atoms with Gasteiger partial charge in [-0.3, -0.25) is 4.79 Å². The minimum atomic E-state index is -0.0433. The molecule has 4 nitrogen and oxygen atoms in total. The topological polar surface area (TPSA) is 67.2 Å². The number of hydrogen-bond donors (Lipinski definition) is 3. The summed E-state index contributed by atoms with van der Waals surface area (Å²) in [4.78, 5) is 11.3. The van der Waals surface area contributed by atoms with Crippen LogP contribution in [-0.2, 0) is 4.79 Å². The third-order valence-electron chi connectivity index (χ3n) is 2.82. The van der Waals surface area contributed by atoms with Gasteiger partial charge >= 0.3 is 0 Å². The maximum atomic E-state index is 11.3. The second-order valence-corrected chi connectivity index (χ2v) is 5.02. The average Bonchev–Trinajstić information content (AvgIpc) is 2.12. The fourth-order valence-corrected chi connectivity index (χ4v) is 1.61. The lowest BCUT2D eigenvalue weighted by atomic mass is 9.78. The lowest BCUT2D eigenvalue weighted by molar-refractivity contribution is -0.120. The van der Waals surface area contributed by atoms with Crippen molar-refractivity contribution >= 4 is 5.91 Å². The second-order valence-electron chi connectivity index (χ2n) is 5.02. The Labute approximate surface area is 92.0 Å². The van der Waals surface area contributed by atoms with Crippen LogP contribution in [0.4, 0.5) is 0 Å². The van der Waals surface area contributed by atoms with E-state index in [0.717, 1.165) is 25.9 Å². The highest BCUT2D eigenvalue weighted by Crippen LogP contribution is 2.27. The zero-order chi connectivity index (χ0) is 11.3. The third-order valence-corrected chi connectivity index (χ3v) is 2.82. The van der Waals surface area contributed by atoms with Gasteiger partial charge in [-0.15, -0.1) is 0 Å². The third kappa shape index (κ3) is 4.62. The van der Waals surface area contributed by atoms with Crippen LogP contribution in [0, 0.1) is 5.92 Å². The Hall–Kier alpha value is -0.610. The van der Waals surface area contributed by atoms with Gasteiger partial charge in [0.25, 0.3) is 0 Å². The Kier molecular flexibility index (Phi) is 4.54. The molecule has 1 rings (SSSR count). The molecule has 1 aliphatic rings. The van der Waals surface area contributed by atoms with Crippen LogP contribution in [0.5, 0.6) is 0 Å². The predicted molar refractivity (Wildman–Crippen MR) is 61.5 cm³/mol. The molecular formula is C11H23N3O. The first-order valence-electron chi connectivity index (χ1n) is 5.78. The molecule has 4 N–H and O–H groups in total. The molecule has 0 atom stereocenters. The molecule has 0 bridgehead atoms. The molecule has 1 saturated carbocycles. The van der Waals surface area contributed by atoms with Crippen LogP contribution in [0.3, 0.4) is 0 Å². The van der Waals surface area contributed by atoms with Crippen LogP contribution in [-0.4, -0.2) is 31.1 Å². The molecule has 0 radical (unpaired) electrons. The van der Waals surface area contributed by atoms with E-state index < -0.39 is 0 Å². The highest BCUT2D eigenvalue weighted by molar-refractivity contribution is 5.77. The van der Waals surface area contributed by atoms with Crippen molar-refractivity contribution in [2.24, 2.45) is 11.7 Å². The first kappa shape index (κ1) is 12.5. The van der Waals surface area contributed by atoms with E-state index in [9.17, 15) is 4.79 Å². The summed E-state index contributed by atoms with van der Waals surface area (Å²) in [6, 6.07) is 0. The number of nitrogens with two attached hydrogens (primary N) is 1. The van der Waals surface area contributed by atoms with E-state index >= 15 is 0 Å². The summed E-state index contributed by atoms with van der Waals surface area (Å²) in [7, 11) is 0. The van der Waals surface area contributed by atoms with Gasteiger partial charge in [-0.25, -0.2) is 0 Å². The Bertz CT molecular complexity index is 212. The van der Waals surface area contributed by atoms with E-state index in [1.165, 1.54) is 6.42 Å². The number of nitrogens with one attached hydrogen (secondary N) is 2. The molecule has 4 heteroatoms. The van der Waals surface area contributed by atoms with Crippen molar-refractivity contribution in [1.29, 1.82) is 0 Å². The maximum absolute atomic E-state index is 11.3. The van der Waals surface area contributed by atoms with Gasteiger partial charge < -0.3 is 16.4 Å². The van der Waals surface area contributed by atoms with E-state index in [2.05, 4.69) is 24.5 Å². The van der Waals surface area contributed by atoms with Crippen molar-refractivity contribution in [1.82, 2.24) is 10.6 Å². The number of amides is 1. The molecule has 1 aliphatic carbocycles. The molecule has 0 saturated heterocycles. The van der Waals surface area contributed by atoms with Crippen molar-refractivity contribution in [3.63, 3.8) is 0 Å². The summed E-state index contributed by atoms with van der Waals surface area (Å²) in [6.45, 7) is 6.04. The molecule has 0 unspecified atom stereocenters. The first-order chi connectivity index (χ1) is 7.02. The van der Waals surface area contributed by atoms with E-state index in [0.29, 0.717) is 12.5 Å². The minimum absolute atomic E-state index is 0.0433. The van der Waals surface area contributed by atoms with E-state index in [1.807, 2.05) is 0 Å².